The molecule has 1 aromatic rings. The van der Waals surface area contributed by atoms with Gasteiger partial charge < -0.3 is 25.4 Å². The summed E-state index contributed by atoms with van der Waals surface area (Å²) < 4.78 is 10.9. The van der Waals surface area contributed by atoms with Gasteiger partial charge in [-0.05, 0) is 18.8 Å². The molecule has 1 aliphatic rings. The van der Waals surface area contributed by atoms with Crippen LogP contribution >= 0.6 is 0 Å². The molecule has 0 unspecified atom stereocenters. The number of carbonyl (C=O) groups is 2. The third-order valence-corrected chi connectivity index (χ3v) is 4.48. The molecule has 138 valence electrons. The number of nitrogens with zero attached hydrogens (tertiary/aromatic N) is 1. The van der Waals surface area contributed by atoms with Gasteiger partial charge >= 0.3 is 6.03 Å². The average molecular weight is 349 g/mol. The van der Waals surface area contributed by atoms with E-state index in [2.05, 4.69) is 19.2 Å². The first-order chi connectivity index (χ1) is 11.9. The van der Waals surface area contributed by atoms with Crippen LogP contribution < -0.4 is 20.5 Å². The smallest absolute Gasteiger partial charge is 0.321 e. The monoisotopic (exact) mass is 349 g/mol. The van der Waals surface area contributed by atoms with E-state index in [9.17, 15) is 9.59 Å². The number of amides is 3. The van der Waals surface area contributed by atoms with E-state index in [1.54, 1.807) is 31.3 Å². The maximum absolute atomic E-state index is 12.5. The number of hydrogen-bond acceptors (Lipinski definition) is 4. The number of carbonyl (C=O) groups excluding carboxylic acids is 2. The fraction of sp³-hybridized carbons (Fsp3) is 0.556. The first-order valence-corrected chi connectivity index (χ1v) is 8.48. The number of likely N-dealkylation sites (tertiary alicyclic amines) is 1. The van der Waals surface area contributed by atoms with Gasteiger partial charge in [0.15, 0.2) is 0 Å². The Labute approximate surface area is 148 Å². The molecule has 2 rings (SSSR count). The summed E-state index contributed by atoms with van der Waals surface area (Å²) in [7, 11) is 3.18. The topological polar surface area (TPSA) is 93.9 Å². The Balaban J connectivity index is 2.19. The maximum atomic E-state index is 12.5. The van der Waals surface area contributed by atoms with Crippen LogP contribution in [0.3, 0.4) is 0 Å². The van der Waals surface area contributed by atoms with Crippen LogP contribution in [0.15, 0.2) is 12.1 Å². The van der Waals surface area contributed by atoms with E-state index in [0.717, 1.165) is 18.4 Å². The van der Waals surface area contributed by atoms with Gasteiger partial charge in [0.2, 0.25) is 5.91 Å². The summed E-state index contributed by atoms with van der Waals surface area (Å²) in [5.41, 5.74) is 6.91. The summed E-state index contributed by atoms with van der Waals surface area (Å²) in [5.74, 6) is 0.902. The van der Waals surface area contributed by atoms with Crippen molar-refractivity contribution in [1.29, 1.82) is 0 Å². The van der Waals surface area contributed by atoms with E-state index in [1.165, 1.54) is 0 Å². The van der Waals surface area contributed by atoms with E-state index >= 15 is 0 Å². The molecule has 3 amide bonds. The van der Waals surface area contributed by atoms with Crippen LogP contribution in [-0.2, 0) is 4.79 Å². The van der Waals surface area contributed by atoms with Crippen LogP contribution in [0.25, 0.3) is 0 Å². The number of methoxy groups -OCH3 is 2. The maximum Gasteiger partial charge on any atom is 0.321 e. The number of urea groups is 1. The highest BCUT2D eigenvalue weighted by atomic mass is 16.5. The molecule has 0 spiro atoms. The second-order valence-corrected chi connectivity index (χ2v) is 6.57. The molecule has 7 nitrogen and oxygen atoms in total. The first-order valence-electron chi connectivity index (χ1n) is 8.48. The Morgan fingerprint density at radius 2 is 1.84 bits per heavy atom. The number of primary amides is 1. The van der Waals surface area contributed by atoms with Crippen LogP contribution in [0, 0.1) is 5.92 Å². The highest BCUT2D eigenvalue weighted by Gasteiger charge is 2.27. The van der Waals surface area contributed by atoms with Gasteiger partial charge in [-0.25, -0.2) is 4.79 Å². The Kier molecular flexibility index (Phi) is 6.12. The van der Waals surface area contributed by atoms with Crippen LogP contribution in [0.1, 0.15) is 38.2 Å². The van der Waals surface area contributed by atoms with E-state index in [-0.39, 0.29) is 23.8 Å². The van der Waals surface area contributed by atoms with Gasteiger partial charge in [-0.1, -0.05) is 13.8 Å². The number of anilines is 1. The molecule has 0 aliphatic carbocycles. The van der Waals surface area contributed by atoms with Gasteiger partial charge in [-0.3, -0.25) is 4.79 Å². The number of rotatable bonds is 5. The van der Waals surface area contributed by atoms with Crippen molar-refractivity contribution in [3.8, 4) is 11.5 Å². The molecule has 1 heterocycles. The summed E-state index contributed by atoms with van der Waals surface area (Å²) >= 11 is 0. The standard InChI is InChI=1S/C18H27N3O4/c1-11(2)16-14(24-3)8-13(9-15(16)25-4)20-18(23)21-7-5-6-12(10-21)17(19)22/h8-9,11-12H,5-7,10H2,1-4H3,(H2,19,22)(H,20,23)/t12-/m0/s1. The lowest BCUT2D eigenvalue weighted by Crippen LogP contribution is -2.45. The van der Waals surface area contributed by atoms with Crippen LogP contribution in [0.4, 0.5) is 10.5 Å². The van der Waals surface area contributed by atoms with Crippen molar-refractivity contribution in [3.05, 3.63) is 17.7 Å². The van der Waals surface area contributed by atoms with Gasteiger partial charge in [0.1, 0.15) is 11.5 Å². The molecule has 0 bridgehead atoms. The molecule has 1 saturated heterocycles. The third kappa shape index (κ3) is 4.35. The van der Waals surface area contributed by atoms with Crippen molar-refractivity contribution in [2.75, 3.05) is 32.6 Å². The van der Waals surface area contributed by atoms with E-state index < -0.39 is 0 Å². The van der Waals surface area contributed by atoms with Crippen molar-refractivity contribution in [3.63, 3.8) is 0 Å². The largest absolute Gasteiger partial charge is 0.496 e. The van der Waals surface area contributed by atoms with Gasteiger partial charge in [-0.15, -0.1) is 0 Å². The lowest BCUT2D eigenvalue weighted by Gasteiger charge is -2.31. The minimum absolute atomic E-state index is 0.216. The van der Waals surface area contributed by atoms with Gasteiger partial charge in [-0.2, -0.15) is 0 Å². The minimum atomic E-state index is -0.359. The molecule has 1 atom stereocenters. The molecular formula is C18H27N3O4. The van der Waals surface area contributed by atoms with Crippen molar-refractivity contribution in [2.24, 2.45) is 11.7 Å². The number of ether oxygens (including phenoxy) is 2. The molecule has 1 fully saturated rings. The third-order valence-electron chi connectivity index (χ3n) is 4.48. The zero-order valence-electron chi connectivity index (χ0n) is 15.3. The van der Waals surface area contributed by atoms with Crippen molar-refractivity contribution in [2.45, 2.75) is 32.6 Å². The van der Waals surface area contributed by atoms with Crippen molar-refractivity contribution in [1.82, 2.24) is 4.90 Å². The fourth-order valence-electron chi connectivity index (χ4n) is 3.18. The van der Waals surface area contributed by atoms with Gasteiger partial charge in [0.25, 0.3) is 0 Å². The number of hydrogen-bond donors (Lipinski definition) is 2. The van der Waals surface area contributed by atoms with Crippen LogP contribution in [0.5, 0.6) is 11.5 Å². The van der Waals surface area contributed by atoms with Crippen molar-refractivity contribution < 1.29 is 19.1 Å². The van der Waals surface area contributed by atoms with Crippen LogP contribution in [-0.4, -0.2) is 44.1 Å². The fourth-order valence-corrected chi connectivity index (χ4v) is 3.18. The Morgan fingerprint density at radius 1 is 1.24 bits per heavy atom. The second kappa shape index (κ2) is 8.09. The second-order valence-electron chi connectivity index (χ2n) is 6.57. The molecule has 0 saturated carbocycles. The highest BCUT2D eigenvalue weighted by Crippen LogP contribution is 2.38. The Bertz CT molecular complexity index is 620. The number of benzene rings is 1. The molecule has 1 aromatic carbocycles. The lowest BCUT2D eigenvalue weighted by molar-refractivity contribution is -0.123. The summed E-state index contributed by atoms with van der Waals surface area (Å²) in [6, 6.07) is 3.31. The first kappa shape index (κ1) is 18.9. The lowest BCUT2D eigenvalue weighted by atomic mass is 9.98. The Hall–Kier alpha value is -2.44. The number of piperidine rings is 1. The minimum Gasteiger partial charge on any atom is -0.496 e. The normalized spacial score (nSPS) is 17.3. The van der Waals surface area contributed by atoms with E-state index in [0.29, 0.717) is 30.3 Å². The van der Waals surface area contributed by atoms with Crippen molar-refractivity contribution >= 4 is 17.6 Å². The summed E-state index contributed by atoms with van der Waals surface area (Å²) in [6.45, 7) is 5.06. The molecular weight excluding hydrogens is 322 g/mol. The zero-order valence-corrected chi connectivity index (χ0v) is 15.3. The Morgan fingerprint density at radius 3 is 2.32 bits per heavy atom. The molecule has 0 radical (unpaired) electrons. The molecule has 25 heavy (non-hydrogen) atoms. The highest BCUT2D eigenvalue weighted by molar-refractivity contribution is 5.90. The van der Waals surface area contributed by atoms with Gasteiger partial charge in [0.05, 0.1) is 20.1 Å². The summed E-state index contributed by atoms with van der Waals surface area (Å²) in [6.07, 6.45) is 1.49. The van der Waals surface area contributed by atoms with Gasteiger partial charge in [0, 0.05) is 36.5 Å². The summed E-state index contributed by atoms with van der Waals surface area (Å²) in [4.78, 5) is 25.5. The number of nitrogens with two attached hydrogens (primary N) is 1. The summed E-state index contributed by atoms with van der Waals surface area (Å²) in [5, 5.41) is 2.86. The SMILES string of the molecule is COc1cc(NC(=O)N2CCC[C@H](C(N)=O)C2)cc(OC)c1C(C)C. The molecule has 1 aliphatic heterocycles. The molecule has 7 heteroatoms. The predicted molar refractivity (Wildman–Crippen MR) is 96.1 cm³/mol. The van der Waals surface area contributed by atoms with E-state index in [1.807, 2.05) is 0 Å². The quantitative estimate of drug-likeness (QED) is 0.854. The molecule has 3 N–H and O–H groups in total. The van der Waals surface area contributed by atoms with Crippen LogP contribution in [0.2, 0.25) is 0 Å². The predicted octanol–water partition coefficient (Wildman–Crippen LogP) is 2.56. The average Bonchev–Trinajstić information content (AvgIpc) is 2.60. The molecule has 0 aromatic heterocycles. The van der Waals surface area contributed by atoms with E-state index in [4.69, 9.17) is 15.2 Å². The number of nitrogens with one attached hydrogen (secondary N) is 1. The zero-order chi connectivity index (χ0) is 18.6.